The highest BCUT2D eigenvalue weighted by Crippen LogP contribution is 2.13. The molecular weight excluding hydrogens is 190 g/mol. The van der Waals surface area contributed by atoms with Crippen LogP contribution in [0.4, 0.5) is 0 Å². The van der Waals surface area contributed by atoms with Crippen LogP contribution in [0, 0.1) is 13.8 Å². The third-order valence-electron chi connectivity index (χ3n) is 2.39. The van der Waals surface area contributed by atoms with Gasteiger partial charge in [0.2, 0.25) is 0 Å². The largest absolute Gasteiger partial charge is 0.261 e. The van der Waals surface area contributed by atoms with Crippen molar-refractivity contribution in [2.24, 2.45) is 0 Å². The summed E-state index contributed by atoms with van der Waals surface area (Å²) in [5.74, 6) is 0. The molecule has 0 aliphatic rings. The van der Waals surface area contributed by atoms with E-state index in [1.807, 2.05) is 6.20 Å². The van der Waals surface area contributed by atoms with Crippen LogP contribution in [0.1, 0.15) is 22.4 Å². The van der Waals surface area contributed by atoms with Crippen LogP contribution in [0.25, 0.3) is 0 Å². The average Bonchev–Trinajstić information content (AvgIpc) is 2.64. The van der Waals surface area contributed by atoms with Crippen molar-refractivity contribution in [2.45, 2.75) is 20.3 Å². The fraction of sp³-hybridized carbons (Fsp3) is 0.250. The van der Waals surface area contributed by atoms with E-state index >= 15 is 0 Å². The first kappa shape index (κ1) is 9.41. The van der Waals surface area contributed by atoms with Gasteiger partial charge in [-0.05, 0) is 53.4 Å². The molecule has 0 N–H and O–H groups in total. The van der Waals surface area contributed by atoms with Gasteiger partial charge in [0.05, 0.1) is 0 Å². The molecule has 0 saturated carbocycles. The Hall–Kier alpha value is -1.15. The summed E-state index contributed by atoms with van der Waals surface area (Å²) in [5.41, 5.74) is 5.10. The molecule has 14 heavy (non-hydrogen) atoms. The van der Waals surface area contributed by atoms with Gasteiger partial charge in [-0.1, -0.05) is 0 Å². The van der Waals surface area contributed by atoms with Gasteiger partial charge in [-0.15, -0.1) is 0 Å². The molecule has 0 aliphatic heterocycles. The lowest BCUT2D eigenvalue weighted by molar-refractivity contribution is 1.05. The van der Waals surface area contributed by atoms with Crippen molar-refractivity contribution in [3.05, 3.63) is 51.5 Å². The molecule has 2 aromatic heterocycles. The first-order chi connectivity index (χ1) is 6.75. The molecule has 0 aliphatic carbocycles. The van der Waals surface area contributed by atoms with E-state index in [0.29, 0.717) is 0 Å². The normalized spacial score (nSPS) is 10.4. The highest BCUT2D eigenvalue weighted by atomic mass is 32.1. The van der Waals surface area contributed by atoms with Crippen LogP contribution in [0.2, 0.25) is 0 Å². The second-order valence-electron chi connectivity index (χ2n) is 3.57. The van der Waals surface area contributed by atoms with Gasteiger partial charge in [-0.2, -0.15) is 11.3 Å². The number of aryl methyl sites for hydroxylation is 2. The molecular formula is C12H13NS. The Labute approximate surface area is 88.4 Å². The van der Waals surface area contributed by atoms with Crippen molar-refractivity contribution in [1.82, 2.24) is 4.98 Å². The Morgan fingerprint density at radius 3 is 2.79 bits per heavy atom. The molecule has 0 spiro atoms. The van der Waals surface area contributed by atoms with Gasteiger partial charge in [0, 0.05) is 18.3 Å². The van der Waals surface area contributed by atoms with Crippen LogP contribution in [-0.2, 0) is 6.42 Å². The molecule has 0 atom stereocenters. The third-order valence-corrected chi connectivity index (χ3v) is 3.13. The second kappa shape index (κ2) is 3.93. The molecule has 0 aromatic carbocycles. The summed E-state index contributed by atoms with van der Waals surface area (Å²) in [4.78, 5) is 4.42. The van der Waals surface area contributed by atoms with Crippen molar-refractivity contribution in [3.8, 4) is 0 Å². The van der Waals surface area contributed by atoms with Crippen LogP contribution >= 0.6 is 11.3 Å². The molecule has 2 heterocycles. The first-order valence-corrected chi connectivity index (χ1v) is 5.63. The summed E-state index contributed by atoms with van der Waals surface area (Å²) in [6.07, 6.45) is 2.90. The fourth-order valence-electron chi connectivity index (χ4n) is 1.38. The third kappa shape index (κ3) is 2.02. The molecule has 0 unspecified atom stereocenters. The van der Waals surface area contributed by atoms with E-state index in [9.17, 15) is 0 Å². The topological polar surface area (TPSA) is 12.9 Å². The second-order valence-corrected chi connectivity index (χ2v) is 4.35. The van der Waals surface area contributed by atoms with E-state index in [1.54, 1.807) is 11.3 Å². The van der Waals surface area contributed by atoms with Crippen LogP contribution in [0.5, 0.6) is 0 Å². The summed E-state index contributed by atoms with van der Waals surface area (Å²) in [6.45, 7) is 4.23. The lowest BCUT2D eigenvalue weighted by Gasteiger charge is -2.02. The minimum absolute atomic E-state index is 0.949. The van der Waals surface area contributed by atoms with Gasteiger partial charge in [-0.3, -0.25) is 4.98 Å². The summed E-state index contributed by atoms with van der Waals surface area (Å²) in [7, 11) is 0. The molecule has 2 rings (SSSR count). The Balaban J connectivity index is 2.22. The van der Waals surface area contributed by atoms with Gasteiger partial charge >= 0.3 is 0 Å². The Morgan fingerprint density at radius 2 is 2.14 bits per heavy atom. The Bertz CT molecular complexity index is 418. The van der Waals surface area contributed by atoms with Crippen LogP contribution in [0.15, 0.2) is 29.1 Å². The van der Waals surface area contributed by atoms with Gasteiger partial charge in [0.15, 0.2) is 0 Å². The molecule has 2 aromatic rings. The lowest BCUT2D eigenvalue weighted by atomic mass is 10.1. The molecule has 0 fully saturated rings. The van der Waals surface area contributed by atoms with Gasteiger partial charge in [0.1, 0.15) is 0 Å². The van der Waals surface area contributed by atoms with Gasteiger partial charge < -0.3 is 0 Å². The maximum absolute atomic E-state index is 4.42. The number of pyridine rings is 1. The van der Waals surface area contributed by atoms with Crippen LogP contribution in [-0.4, -0.2) is 4.98 Å². The molecule has 0 saturated heterocycles. The highest BCUT2D eigenvalue weighted by Gasteiger charge is 1.99. The zero-order valence-corrected chi connectivity index (χ0v) is 9.27. The van der Waals surface area contributed by atoms with E-state index in [-0.39, 0.29) is 0 Å². The minimum atomic E-state index is 0.949. The van der Waals surface area contributed by atoms with E-state index in [2.05, 4.69) is 41.7 Å². The van der Waals surface area contributed by atoms with E-state index in [1.165, 1.54) is 16.7 Å². The Kier molecular flexibility index (Phi) is 2.64. The van der Waals surface area contributed by atoms with Crippen molar-refractivity contribution < 1.29 is 0 Å². The quantitative estimate of drug-likeness (QED) is 0.729. The maximum Gasteiger partial charge on any atom is 0.0450 e. The van der Waals surface area contributed by atoms with Gasteiger partial charge in [0.25, 0.3) is 0 Å². The van der Waals surface area contributed by atoms with E-state index in [0.717, 1.165) is 12.1 Å². The SMILES string of the molecule is Cc1cnc(Cc2ccsc2)cc1C. The van der Waals surface area contributed by atoms with Crippen molar-refractivity contribution in [1.29, 1.82) is 0 Å². The number of nitrogens with zero attached hydrogens (tertiary/aromatic N) is 1. The molecule has 2 heteroatoms. The van der Waals surface area contributed by atoms with Crippen LogP contribution < -0.4 is 0 Å². The summed E-state index contributed by atoms with van der Waals surface area (Å²) in [5, 5.41) is 4.28. The van der Waals surface area contributed by atoms with Gasteiger partial charge in [-0.25, -0.2) is 0 Å². The van der Waals surface area contributed by atoms with Crippen LogP contribution in [0.3, 0.4) is 0 Å². The Morgan fingerprint density at radius 1 is 1.29 bits per heavy atom. The number of hydrogen-bond donors (Lipinski definition) is 0. The van der Waals surface area contributed by atoms with Crippen molar-refractivity contribution in [2.75, 3.05) is 0 Å². The predicted molar refractivity (Wildman–Crippen MR) is 60.8 cm³/mol. The lowest BCUT2D eigenvalue weighted by Crippen LogP contribution is -1.93. The molecule has 0 radical (unpaired) electrons. The standard InChI is InChI=1S/C12H13NS/c1-9-5-12(13-7-10(9)2)6-11-3-4-14-8-11/h3-5,7-8H,6H2,1-2H3. The van der Waals surface area contributed by atoms with E-state index < -0.39 is 0 Å². The molecule has 0 amide bonds. The molecule has 72 valence electrons. The zero-order valence-electron chi connectivity index (χ0n) is 8.45. The summed E-state index contributed by atoms with van der Waals surface area (Å²) < 4.78 is 0. The molecule has 0 bridgehead atoms. The number of hydrogen-bond acceptors (Lipinski definition) is 2. The number of thiophene rings is 1. The highest BCUT2D eigenvalue weighted by molar-refractivity contribution is 7.07. The first-order valence-electron chi connectivity index (χ1n) is 4.69. The van der Waals surface area contributed by atoms with Crippen molar-refractivity contribution in [3.63, 3.8) is 0 Å². The molecule has 1 nitrogen and oxygen atoms in total. The fourth-order valence-corrected chi connectivity index (χ4v) is 2.05. The van der Waals surface area contributed by atoms with Crippen molar-refractivity contribution >= 4 is 11.3 Å². The summed E-state index contributed by atoms with van der Waals surface area (Å²) in [6, 6.07) is 4.33. The summed E-state index contributed by atoms with van der Waals surface area (Å²) >= 11 is 1.74. The maximum atomic E-state index is 4.42. The average molecular weight is 203 g/mol. The predicted octanol–water partition coefficient (Wildman–Crippen LogP) is 3.35. The smallest absolute Gasteiger partial charge is 0.0450 e. The number of rotatable bonds is 2. The monoisotopic (exact) mass is 203 g/mol. The number of aromatic nitrogens is 1. The zero-order chi connectivity index (χ0) is 9.97. The minimum Gasteiger partial charge on any atom is -0.261 e. The van der Waals surface area contributed by atoms with E-state index in [4.69, 9.17) is 0 Å².